The molecule has 2 aromatic rings. The number of rotatable bonds is 6. The van der Waals surface area contributed by atoms with E-state index in [1.54, 1.807) is 0 Å². The van der Waals surface area contributed by atoms with Crippen LogP contribution >= 0.6 is 0 Å². The van der Waals surface area contributed by atoms with Gasteiger partial charge in [0.25, 0.3) is 0 Å². The number of ether oxygens (including phenoxy) is 1. The quantitative estimate of drug-likeness (QED) is 0.877. The summed E-state index contributed by atoms with van der Waals surface area (Å²) in [6.45, 7) is 0.229. The summed E-state index contributed by atoms with van der Waals surface area (Å²) in [5.41, 5.74) is 1.90. The molecule has 0 bridgehead atoms. The third-order valence-electron chi connectivity index (χ3n) is 3.25. The highest BCUT2D eigenvalue weighted by Gasteiger charge is 2.15. The SMILES string of the molecule is N#CCCC(NC(=O)OCc1ccccc1)c1ccccc1. The summed E-state index contributed by atoms with van der Waals surface area (Å²) in [6.07, 6.45) is 0.454. The van der Waals surface area contributed by atoms with Crippen LogP contribution in [0.2, 0.25) is 0 Å². The molecule has 22 heavy (non-hydrogen) atoms. The lowest BCUT2D eigenvalue weighted by atomic mass is 10.0. The summed E-state index contributed by atoms with van der Waals surface area (Å²) in [7, 11) is 0. The Morgan fingerprint density at radius 1 is 1.09 bits per heavy atom. The van der Waals surface area contributed by atoms with Crippen LogP contribution < -0.4 is 5.32 Å². The van der Waals surface area contributed by atoms with E-state index in [4.69, 9.17) is 10.00 Å². The molecule has 2 rings (SSSR count). The summed E-state index contributed by atoms with van der Waals surface area (Å²) in [5.74, 6) is 0. The number of nitrogens with zero attached hydrogens (tertiary/aromatic N) is 1. The maximum Gasteiger partial charge on any atom is 0.407 e. The Hall–Kier alpha value is -2.80. The van der Waals surface area contributed by atoms with Crippen molar-refractivity contribution in [3.8, 4) is 6.07 Å². The topological polar surface area (TPSA) is 62.1 Å². The van der Waals surface area contributed by atoms with E-state index in [0.717, 1.165) is 11.1 Å². The molecule has 112 valence electrons. The predicted molar refractivity (Wildman–Crippen MR) is 83.8 cm³/mol. The van der Waals surface area contributed by atoms with Gasteiger partial charge in [-0.1, -0.05) is 60.7 Å². The van der Waals surface area contributed by atoms with Gasteiger partial charge in [-0.2, -0.15) is 5.26 Å². The van der Waals surface area contributed by atoms with Crippen molar-refractivity contribution in [2.75, 3.05) is 0 Å². The molecule has 0 heterocycles. The highest BCUT2D eigenvalue weighted by Crippen LogP contribution is 2.18. The van der Waals surface area contributed by atoms with Crippen LogP contribution in [0.15, 0.2) is 60.7 Å². The first-order chi connectivity index (χ1) is 10.8. The Labute approximate surface area is 130 Å². The van der Waals surface area contributed by atoms with Crippen molar-refractivity contribution in [1.29, 1.82) is 5.26 Å². The first-order valence-electron chi connectivity index (χ1n) is 7.18. The molecule has 1 amide bonds. The zero-order valence-corrected chi connectivity index (χ0v) is 12.2. The highest BCUT2D eigenvalue weighted by atomic mass is 16.5. The van der Waals surface area contributed by atoms with Gasteiger partial charge in [-0.15, -0.1) is 0 Å². The summed E-state index contributed by atoms with van der Waals surface area (Å²) < 4.78 is 5.23. The second-order valence-corrected chi connectivity index (χ2v) is 4.87. The van der Waals surface area contributed by atoms with Gasteiger partial charge in [0, 0.05) is 6.42 Å². The lowest BCUT2D eigenvalue weighted by Crippen LogP contribution is -2.29. The average Bonchev–Trinajstić information content (AvgIpc) is 2.58. The molecular weight excluding hydrogens is 276 g/mol. The summed E-state index contributed by atoms with van der Waals surface area (Å²) in [6, 6.07) is 21.0. The minimum Gasteiger partial charge on any atom is -0.445 e. The van der Waals surface area contributed by atoms with Gasteiger partial charge in [0.1, 0.15) is 6.61 Å². The third-order valence-corrected chi connectivity index (χ3v) is 3.25. The van der Waals surface area contributed by atoms with Gasteiger partial charge in [0.05, 0.1) is 12.1 Å². The fourth-order valence-electron chi connectivity index (χ4n) is 2.12. The minimum absolute atomic E-state index is 0.218. The van der Waals surface area contributed by atoms with Gasteiger partial charge in [-0.05, 0) is 17.5 Å². The zero-order chi connectivity index (χ0) is 15.6. The molecule has 4 heteroatoms. The Kier molecular flexibility index (Phi) is 6.01. The number of alkyl carbamates (subject to hydrolysis) is 1. The smallest absolute Gasteiger partial charge is 0.407 e. The zero-order valence-electron chi connectivity index (χ0n) is 12.2. The van der Waals surface area contributed by atoms with Crippen LogP contribution in [0.25, 0.3) is 0 Å². The molecule has 0 saturated carbocycles. The molecule has 0 aliphatic rings. The number of nitriles is 1. The average molecular weight is 294 g/mol. The lowest BCUT2D eigenvalue weighted by molar-refractivity contribution is 0.135. The Balaban J connectivity index is 1.92. The molecule has 4 nitrogen and oxygen atoms in total. The van der Waals surface area contributed by atoms with Crippen LogP contribution in [0.3, 0.4) is 0 Å². The van der Waals surface area contributed by atoms with E-state index in [1.807, 2.05) is 60.7 Å². The van der Waals surface area contributed by atoms with Gasteiger partial charge in [-0.25, -0.2) is 4.79 Å². The van der Waals surface area contributed by atoms with E-state index in [0.29, 0.717) is 12.8 Å². The van der Waals surface area contributed by atoms with E-state index >= 15 is 0 Å². The fraction of sp³-hybridized carbons (Fsp3) is 0.222. The van der Waals surface area contributed by atoms with Crippen molar-refractivity contribution in [2.45, 2.75) is 25.5 Å². The number of hydrogen-bond donors (Lipinski definition) is 1. The van der Waals surface area contributed by atoms with Crippen LogP contribution in [-0.2, 0) is 11.3 Å². The molecule has 1 atom stereocenters. The van der Waals surface area contributed by atoms with Crippen molar-refractivity contribution < 1.29 is 9.53 Å². The predicted octanol–water partition coefficient (Wildman–Crippen LogP) is 3.96. The number of amides is 1. The van der Waals surface area contributed by atoms with Crippen molar-refractivity contribution in [3.63, 3.8) is 0 Å². The van der Waals surface area contributed by atoms with Crippen LogP contribution in [0.1, 0.15) is 30.0 Å². The van der Waals surface area contributed by atoms with E-state index in [1.165, 1.54) is 0 Å². The molecule has 0 aliphatic carbocycles. The van der Waals surface area contributed by atoms with Crippen molar-refractivity contribution in [1.82, 2.24) is 5.32 Å². The molecule has 0 saturated heterocycles. The molecule has 1 unspecified atom stereocenters. The second-order valence-electron chi connectivity index (χ2n) is 4.87. The monoisotopic (exact) mass is 294 g/mol. The molecule has 0 spiro atoms. The molecule has 0 fully saturated rings. The number of carbonyl (C=O) groups excluding carboxylic acids is 1. The van der Waals surface area contributed by atoms with Gasteiger partial charge in [-0.3, -0.25) is 0 Å². The van der Waals surface area contributed by atoms with Crippen molar-refractivity contribution in [2.24, 2.45) is 0 Å². The van der Waals surface area contributed by atoms with Gasteiger partial charge >= 0.3 is 6.09 Å². The van der Waals surface area contributed by atoms with E-state index in [9.17, 15) is 4.79 Å². The molecule has 0 radical (unpaired) electrons. The summed E-state index contributed by atoms with van der Waals surface area (Å²) in [5, 5.41) is 11.6. The van der Waals surface area contributed by atoms with Crippen LogP contribution in [0.4, 0.5) is 4.79 Å². The van der Waals surface area contributed by atoms with Gasteiger partial charge in [0.2, 0.25) is 0 Å². The molecule has 0 aromatic heterocycles. The maximum atomic E-state index is 11.9. The Morgan fingerprint density at radius 3 is 2.36 bits per heavy atom. The second kappa shape index (κ2) is 8.48. The van der Waals surface area contributed by atoms with Crippen molar-refractivity contribution in [3.05, 3.63) is 71.8 Å². The van der Waals surface area contributed by atoms with E-state index < -0.39 is 6.09 Å². The number of benzene rings is 2. The first kappa shape index (κ1) is 15.6. The fourth-order valence-corrected chi connectivity index (χ4v) is 2.12. The molecule has 0 aliphatic heterocycles. The standard InChI is InChI=1S/C18H18N2O2/c19-13-7-12-17(16-10-5-2-6-11-16)20-18(21)22-14-15-8-3-1-4-9-15/h1-6,8-11,17H,7,12,14H2,(H,20,21). The van der Waals surface area contributed by atoms with Crippen LogP contribution in [0, 0.1) is 11.3 Å². The largest absolute Gasteiger partial charge is 0.445 e. The molecule has 1 N–H and O–H groups in total. The van der Waals surface area contributed by atoms with Crippen LogP contribution in [0.5, 0.6) is 0 Å². The Morgan fingerprint density at radius 2 is 1.73 bits per heavy atom. The number of hydrogen-bond acceptors (Lipinski definition) is 3. The van der Waals surface area contributed by atoms with Gasteiger partial charge < -0.3 is 10.1 Å². The Bertz CT molecular complexity index is 621. The summed E-state index contributed by atoms with van der Waals surface area (Å²) in [4.78, 5) is 11.9. The molecule has 2 aromatic carbocycles. The first-order valence-corrected chi connectivity index (χ1v) is 7.18. The third kappa shape index (κ3) is 4.95. The number of nitrogens with one attached hydrogen (secondary N) is 1. The van der Waals surface area contributed by atoms with Gasteiger partial charge in [0.15, 0.2) is 0 Å². The van der Waals surface area contributed by atoms with E-state index in [2.05, 4.69) is 11.4 Å². The maximum absolute atomic E-state index is 11.9. The highest BCUT2D eigenvalue weighted by molar-refractivity contribution is 5.68. The van der Waals surface area contributed by atoms with Crippen molar-refractivity contribution >= 4 is 6.09 Å². The summed E-state index contributed by atoms with van der Waals surface area (Å²) >= 11 is 0. The van der Waals surface area contributed by atoms with Crippen LogP contribution in [-0.4, -0.2) is 6.09 Å². The normalized spacial score (nSPS) is 11.2. The van der Waals surface area contributed by atoms with E-state index in [-0.39, 0.29) is 12.6 Å². The molecular formula is C18H18N2O2. The number of carbonyl (C=O) groups is 1. The lowest BCUT2D eigenvalue weighted by Gasteiger charge is -2.18. The minimum atomic E-state index is -0.476.